The Labute approximate surface area is 178 Å². The summed E-state index contributed by atoms with van der Waals surface area (Å²) in [5, 5.41) is 20.4. The van der Waals surface area contributed by atoms with Crippen LogP contribution in [0.1, 0.15) is 71.3 Å². The number of quaternary nitrogens is 1. The lowest BCUT2D eigenvalue weighted by Gasteiger charge is -2.32. The molecule has 0 spiro atoms. The molecule has 0 bridgehead atoms. The number of hydrogen-bond donors (Lipinski definition) is 1. The van der Waals surface area contributed by atoms with Crippen LogP contribution in [0.15, 0.2) is 24.3 Å². The van der Waals surface area contributed by atoms with Gasteiger partial charge in [-0.25, -0.2) is 0 Å². The van der Waals surface area contributed by atoms with Crippen LogP contribution in [0.2, 0.25) is 0 Å². The molecule has 0 amide bonds. The molecule has 0 aliphatic heterocycles. The molecule has 0 heterocycles. The van der Waals surface area contributed by atoms with E-state index in [1.165, 1.54) is 5.56 Å². The second kappa shape index (κ2) is 15.3. The van der Waals surface area contributed by atoms with Crippen molar-refractivity contribution in [1.29, 1.82) is 0 Å². The van der Waals surface area contributed by atoms with Crippen LogP contribution < -0.4 is 9.84 Å². The number of aliphatic hydroxyl groups is 1. The highest BCUT2D eigenvalue weighted by molar-refractivity contribution is 5.67. The summed E-state index contributed by atoms with van der Waals surface area (Å²) in [7, 11) is 6.01. The van der Waals surface area contributed by atoms with E-state index < -0.39 is 5.97 Å². The van der Waals surface area contributed by atoms with Crippen molar-refractivity contribution in [2.75, 3.05) is 27.7 Å². The summed E-state index contributed by atoms with van der Waals surface area (Å²) in [4.78, 5) is 10.3. The fourth-order valence-corrected chi connectivity index (χ4v) is 3.37. The third-order valence-electron chi connectivity index (χ3n) is 5.07. The Bertz CT molecular complexity index is 560. The molecule has 0 radical (unpaired) electrons. The molecule has 1 N–H and O–H groups in total. The number of carboxylic acids is 1. The first kappa shape index (κ1) is 27.4. The molecule has 5 heteroatoms. The van der Waals surface area contributed by atoms with Crippen molar-refractivity contribution < 1.29 is 24.2 Å². The van der Waals surface area contributed by atoms with Gasteiger partial charge in [0.15, 0.2) is 0 Å². The number of nitrogens with zero attached hydrogens (tertiary/aromatic N) is 1. The first-order valence-electron chi connectivity index (χ1n) is 11.0. The topological polar surface area (TPSA) is 69.6 Å². The quantitative estimate of drug-likeness (QED) is 0.504. The van der Waals surface area contributed by atoms with Crippen LogP contribution in [0.3, 0.4) is 0 Å². The van der Waals surface area contributed by atoms with Gasteiger partial charge in [-0.1, -0.05) is 58.6 Å². The highest BCUT2D eigenvalue weighted by Crippen LogP contribution is 2.17. The third-order valence-corrected chi connectivity index (χ3v) is 5.07. The number of carboxylic acid groups (broad SMARTS) is 1. The summed E-state index contributed by atoms with van der Waals surface area (Å²) in [5.41, 5.74) is 1.24. The molecule has 2 unspecified atom stereocenters. The van der Waals surface area contributed by atoms with E-state index >= 15 is 0 Å². The zero-order valence-electron chi connectivity index (χ0n) is 19.4. The van der Waals surface area contributed by atoms with Crippen LogP contribution in [0.5, 0.6) is 5.75 Å². The Morgan fingerprint density at radius 3 is 2.28 bits per heavy atom. The van der Waals surface area contributed by atoms with E-state index in [1.54, 1.807) is 7.11 Å². The monoisotopic (exact) mass is 409 g/mol. The van der Waals surface area contributed by atoms with E-state index in [-0.39, 0.29) is 12.0 Å². The lowest BCUT2D eigenvalue weighted by molar-refractivity contribution is -0.906. The number of aliphatic hydroxyl groups excluding tert-OH is 1. The van der Waals surface area contributed by atoms with Gasteiger partial charge in [0.2, 0.25) is 0 Å². The third kappa shape index (κ3) is 13.3. The SMILES string of the molecule is CCCCC(CC)C(=O)[O-].CCCCC(O)C[N+](C)(C)Cc1cccc(OC)c1. The molecule has 168 valence electrons. The van der Waals surface area contributed by atoms with Crippen LogP contribution in [-0.2, 0) is 11.3 Å². The minimum atomic E-state index is -0.893. The highest BCUT2D eigenvalue weighted by Gasteiger charge is 2.21. The van der Waals surface area contributed by atoms with Crippen LogP contribution >= 0.6 is 0 Å². The van der Waals surface area contributed by atoms with Gasteiger partial charge in [-0.15, -0.1) is 0 Å². The largest absolute Gasteiger partial charge is 0.550 e. The molecule has 0 saturated heterocycles. The van der Waals surface area contributed by atoms with Crippen molar-refractivity contribution >= 4 is 5.97 Å². The Morgan fingerprint density at radius 1 is 1.14 bits per heavy atom. The van der Waals surface area contributed by atoms with Gasteiger partial charge in [0.25, 0.3) is 0 Å². The maximum Gasteiger partial charge on any atom is 0.119 e. The molecule has 1 aromatic rings. The number of rotatable bonds is 13. The molecule has 0 fully saturated rings. The molecule has 0 aromatic heterocycles. The molecular formula is C24H43NO4. The van der Waals surface area contributed by atoms with Gasteiger partial charge in [0.1, 0.15) is 24.9 Å². The van der Waals surface area contributed by atoms with Crippen molar-refractivity contribution in [3.8, 4) is 5.75 Å². The second-order valence-electron chi connectivity index (χ2n) is 8.49. The summed E-state index contributed by atoms with van der Waals surface area (Å²) in [6.07, 6.45) is 6.45. The number of unbranched alkanes of at least 4 members (excludes halogenated alkanes) is 2. The highest BCUT2D eigenvalue weighted by atomic mass is 16.5. The van der Waals surface area contributed by atoms with Gasteiger partial charge in [-0.3, -0.25) is 0 Å². The van der Waals surface area contributed by atoms with E-state index in [0.717, 1.165) is 61.8 Å². The van der Waals surface area contributed by atoms with E-state index in [4.69, 9.17) is 4.74 Å². The summed E-state index contributed by atoms with van der Waals surface area (Å²) < 4.78 is 6.04. The lowest BCUT2D eigenvalue weighted by Crippen LogP contribution is -2.44. The van der Waals surface area contributed by atoms with E-state index in [9.17, 15) is 15.0 Å². The smallest absolute Gasteiger partial charge is 0.119 e. The number of carbonyl (C=O) groups excluding carboxylic acids is 1. The van der Waals surface area contributed by atoms with Gasteiger partial charge in [-0.2, -0.15) is 0 Å². The zero-order chi connectivity index (χ0) is 22.3. The van der Waals surface area contributed by atoms with Crippen molar-refractivity contribution in [2.24, 2.45) is 5.92 Å². The maximum absolute atomic E-state index is 10.3. The second-order valence-corrected chi connectivity index (χ2v) is 8.49. The van der Waals surface area contributed by atoms with Crippen molar-refractivity contribution in [1.82, 2.24) is 0 Å². The summed E-state index contributed by atoms with van der Waals surface area (Å²) in [5.74, 6) is -0.222. The number of ether oxygens (including phenoxy) is 1. The summed E-state index contributed by atoms with van der Waals surface area (Å²) in [6.45, 7) is 7.79. The first-order valence-corrected chi connectivity index (χ1v) is 11.0. The van der Waals surface area contributed by atoms with Crippen molar-refractivity contribution in [3.63, 3.8) is 0 Å². The number of aliphatic carboxylic acids is 1. The predicted octanol–water partition coefficient (Wildman–Crippen LogP) is 3.78. The van der Waals surface area contributed by atoms with E-state index in [1.807, 2.05) is 19.1 Å². The van der Waals surface area contributed by atoms with Crippen LogP contribution in [0.25, 0.3) is 0 Å². The number of likely N-dealkylation sites (N-methyl/N-ethyl adjacent to an activating group) is 1. The van der Waals surface area contributed by atoms with Crippen LogP contribution in [0.4, 0.5) is 0 Å². The molecule has 0 aliphatic carbocycles. The van der Waals surface area contributed by atoms with E-state index in [0.29, 0.717) is 6.42 Å². The fourth-order valence-electron chi connectivity index (χ4n) is 3.37. The molecule has 1 aromatic carbocycles. The van der Waals surface area contributed by atoms with Gasteiger partial charge < -0.3 is 24.2 Å². The lowest BCUT2D eigenvalue weighted by atomic mass is 10.00. The predicted molar refractivity (Wildman–Crippen MR) is 118 cm³/mol. The normalized spacial score (nSPS) is 13.2. The molecule has 0 saturated carbocycles. The Balaban J connectivity index is 0.000000665. The summed E-state index contributed by atoms with van der Waals surface area (Å²) in [6, 6.07) is 8.15. The number of carbonyl (C=O) groups is 1. The maximum atomic E-state index is 10.3. The fraction of sp³-hybridized carbons (Fsp3) is 0.708. The Kier molecular flexibility index (Phi) is 14.4. The standard InChI is InChI=1S/C16H28NO2.C8H16O2/c1-5-6-9-15(18)13-17(2,3)12-14-8-7-10-16(11-14)19-4;1-3-5-6-7(4-2)8(9)10/h7-8,10-11,15,18H,5-6,9,12-13H2,1-4H3;7H,3-6H2,1-2H3,(H,9,10)/q+1;/p-1. The van der Waals surface area contributed by atoms with Crippen molar-refractivity contribution in [3.05, 3.63) is 29.8 Å². The molecule has 0 aliphatic rings. The summed E-state index contributed by atoms with van der Waals surface area (Å²) >= 11 is 0. The molecule has 5 nitrogen and oxygen atoms in total. The van der Waals surface area contributed by atoms with Gasteiger partial charge >= 0.3 is 0 Å². The average molecular weight is 410 g/mol. The molecule has 1 rings (SSSR count). The van der Waals surface area contributed by atoms with Gasteiger partial charge in [-0.05, 0) is 37.3 Å². The van der Waals surface area contributed by atoms with Crippen molar-refractivity contribution in [2.45, 2.75) is 78.4 Å². The van der Waals surface area contributed by atoms with Gasteiger partial charge in [0.05, 0.1) is 21.2 Å². The molecular weight excluding hydrogens is 366 g/mol. The zero-order valence-corrected chi connectivity index (χ0v) is 19.4. The average Bonchev–Trinajstić information content (AvgIpc) is 2.66. The van der Waals surface area contributed by atoms with Crippen LogP contribution in [-0.4, -0.2) is 49.4 Å². The number of methoxy groups -OCH3 is 1. The Morgan fingerprint density at radius 2 is 1.76 bits per heavy atom. The molecule has 2 atom stereocenters. The van der Waals surface area contributed by atoms with Crippen LogP contribution in [0, 0.1) is 5.92 Å². The van der Waals surface area contributed by atoms with E-state index in [2.05, 4.69) is 40.1 Å². The number of benzene rings is 1. The minimum absolute atomic E-state index is 0.208. The minimum Gasteiger partial charge on any atom is -0.550 e. The molecule has 29 heavy (non-hydrogen) atoms. The Hall–Kier alpha value is -1.59. The number of hydrogen-bond acceptors (Lipinski definition) is 4. The van der Waals surface area contributed by atoms with Gasteiger partial charge in [0, 0.05) is 11.5 Å². The first-order chi connectivity index (χ1) is 13.7.